The van der Waals surface area contributed by atoms with Gasteiger partial charge in [-0.05, 0) is 30.7 Å². The summed E-state index contributed by atoms with van der Waals surface area (Å²) >= 11 is 0. The molecule has 1 amide bonds. The van der Waals surface area contributed by atoms with Crippen molar-refractivity contribution in [1.82, 2.24) is 10.5 Å². The lowest BCUT2D eigenvalue weighted by molar-refractivity contribution is 0.0950. The summed E-state index contributed by atoms with van der Waals surface area (Å²) in [5, 5.41) is 6.85. The molecule has 0 radical (unpaired) electrons. The number of ether oxygens (including phenoxy) is 1. The molecule has 0 bridgehead atoms. The van der Waals surface area contributed by atoms with Crippen molar-refractivity contribution in [3.05, 3.63) is 71.9 Å². The number of benzene rings is 2. The molecule has 0 spiro atoms. The molecule has 134 valence electrons. The molecular formula is C21H22N2O3. The zero-order valence-electron chi connectivity index (χ0n) is 14.8. The Hall–Kier alpha value is -3.08. The van der Waals surface area contributed by atoms with Crippen LogP contribution in [0.4, 0.5) is 0 Å². The highest BCUT2D eigenvalue weighted by molar-refractivity contribution is 5.94. The maximum atomic E-state index is 12.3. The van der Waals surface area contributed by atoms with Gasteiger partial charge in [0.15, 0.2) is 5.76 Å². The van der Waals surface area contributed by atoms with Crippen molar-refractivity contribution < 1.29 is 14.1 Å². The van der Waals surface area contributed by atoms with Gasteiger partial charge in [-0.1, -0.05) is 48.8 Å². The largest absolute Gasteiger partial charge is 0.494 e. The van der Waals surface area contributed by atoms with E-state index in [0.29, 0.717) is 30.2 Å². The molecule has 5 heteroatoms. The number of carbonyl (C=O) groups is 1. The van der Waals surface area contributed by atoms with Crippen molar-refractivity contribution in [3.63, 3.8) is 0 Å². The number of carbonyl (C=O) groups excluding carboxylic acids is 1. The molecule has 2 aromatic carbocycles. The lowest BCUT2D eigenvalue weighted by atomic mass is 10.1. The Bertz CT molecular complexity index is 826. The quantitative estimate of drug-likeness (QED) is 0.610. The first-order chi connectivity index (χ1) is 12.8. The Labute approximate surface area is 153 Å². The summed E-state index contributed by atoms with van der Waals surface area (Å²) in [4.78, 5) is 12.3. The van der Waals surface area contributed by atoms with Crippen LogP contribution < -0.4 is 10.1 Å². The van der Waals surface area contributed by atoms with Crippen LogP contribution in [0.25, 0.3) is 11.3 Å². The van der Waals surface area contributed by atoms with Crippen LogP contribution in [-0.2, 0) is 6.54 Å². The molecule has 1 heterocycles. The number of nitrogens with one attached hydrogen (secondary N) is 1. The number of nitrogens with zero attached hydrogens (tertiary/aromatic N) is 1. The molecule has 26 heavy (non-hydrogen) atoms. The Morgan fingerprint density at radius 1 is 1.12 bits per heavy atom. The summed E-state index contributed by atoms with van der Waals surface area (Å²) in [6, 6.07) is 18.7. The SMILES string of the molecule is CCCCOc1ccc(C(=O)NCc2cc(-c3ccccc3)on2)cc1. The highest BCUT2D eigenvalue weighted by atomic mass is 16.5. The molecule has 0 aliphatic rings. The summed E-state index contributed by atoms with van der Waals surface area (Å²) in [6.07, 6.45) is 2.11. The molecular weight excluding hydrogens is 328 g/mol. The lowest BCUT2D eigenvalue weighted by Gasteiger charge is -2.07. The molecule has 3 rings (SSSR count). The zero-order valence-corrected chi connectivity index (χ0v) is 14.8. The number of rotatable bonds is 8. The third-order valence-electron chi connectivity index (χ3n) is 3.93. The molecule has 0 aliphatic heterocycles. The summed E-state index contributed by atoms with van der Waals surface area (Å²) in [5.41, 5.74) is 2.22. The second kappa shape index (κ2) is 8.85. The van der Waals surface area contributed by atoms with Crippen LogP contribution in [-0.4, -0.2) is 17.7 Å². The highest BCUT2D eigenvalue weighted by Gasteiger charge is 2.09. The predicted molar refractivity (Wildman–Crippen MR) is 100.0 cm³/mol. The van der Waals surface area contributed by atoms with Gasteiger partial charge in [-0.2, -0.15) is 0 Å². The van der Waals surface area contributed by atoms with E-state index in [0.717, 1.165) is 24.2 Å². The van der Waals surface area contributed by atoms with E-state index in [9.17, 15) is 4.79 Å². The van der Waals surface area contributed by atoms with Gasteiger partial charge in [-0.3, -0.25) is 4.79 Å². The molecule has 5 nitrogen and oxygen atoms in total. The van der Waals surface area contributed by atoms with Crippen LogP contribution in [0.5, 0.6) is 5.75 Å². The van der Waals surface area contributed by atoms with Crippen molar-refractivity contribution in [3.8, 4) is 17.1 Å². The van der Waals surface area contributed by atoms with Crippen LogP contribution in [0.1, 0.15) is 35.8 Å². The van der Waals surface area contributed by atoms with Crippen molar-refractivity contribution in [2.75, 3.05) is 6.61 Å². The van der Waals surface area contributed by atoms with E-state index in [1.54, 1.807) is 12.1 Å². The van der Waals surface area contributed by atoms with Crippen molar-refractivity contribution in [2.24, 2.45) is 0 Å². The minimum Gasteiger partial charge on any atom is -0.494 e. The van der Waals surface area contributed by atoms with E-state index in [1.165, 1.54) is 0 Å². The minimum absolute atomic E-state index is 0.158. The van der Waals surface area contributed by atoms with Crippen LogP contribution in [0.2, 0.25) is 0 Å². The fourth-order valence-electron chi connectivity index (χ4n) is 2.44. The highest BCUT2D eigenvalue weighted by Crippen LogP contribution is 2.19. The van der Waals surface area contributed by atoms with E-state index in [-0.39, 0.29) is 5.91 Å². The zero-order chi connectivity index (χ0) is 18.2. The number of hydrogen-bond donors (Lipinski definition) is 1. The molecule has 0 unspecified atom stereocenters. The van der Waals surface area contributed by atoms with Gasteiger partial charge in [-0.25, -0.2) is 0 Å². The molecule has 0 saturated carbocycles. The van der Waals surface area contributed by atoms with Crippen molar-refractivity contribution >= 4 is 5.91 Å². The van der Waals surface area contributed by atoms with Gasteiger partial charge in [-0.15, -0.1) is 0 Å². The molecule has 0 atom stereocenters. The molecule has 0 saturated heterocycles. The monoisotopic (exact) mass is 350 g/mol. The van der Waals surface area contributed by atoms with Crippen LogP contribution in [0, 0.1) is 0 Å². The smallest absolute Gasteiger partial charge is 0.251 e. The Morgan fingerprint density at radius 2 is 1.88 bits per heavy atom. The van der Waals surface area contributed by atoms with Crippen LogP contribution >= 0.6 is 0 Å². The minimum atomic E-state index is -0.158. The van der Waals surface area contributed by atoms with Gasteiger partial charge < -0.3 is 14.6 Å². The number of aromatic nitrogens is 1. The normalized spacial score (nSPS) is 10.5. The Kier molecular flexibility index (Phi) is 6.04. The summed E-state index contributed by atoms with van der Waals surface area (Å²) in [5.74, 6) is 1.30. The second-order valence-corrected chi connectivity index (χ2v) is 5.96. The fraction of sp³-hybridized carbons (Fsp3) is 0.238. The van der Waals surface area contributed by atoms with Gasteiger partial charge in [0.25, 0.3) is 5.91 Å². The van der Waals surface area contributed by atoms with Crippen LogP contribution in [0.3, 0.4) is 0 Å². The van der Waals surface area contributed by atoms with Gasteiger partial charge in [0.1, 0.15) is 11.4 Å². The van der Waals surface area contributed by atoms with E-state index in [2.05, 4.69) is 17.4 Å². The van der Waals surface area contributed by atoms with E-state index < -0.39 is 0 Å². The molecule has 0 fully saturated rings. The van der Waals surface area contributed by atoms with Gasteiger partial charge >= 0.3 is 0 Å². The van der Waals surface area contributed by atoms with E-state index >= 15 is 0 Å². The Balaban J connectivity index is 1.53. The van der Waals surface area contributed by atoms with E-state index in [1.807, 2.05) is 48.5 Å². The fourth-order valence-corrected chi connectivity index (χ4v) is 2.44. The maximum Gasteiger partial charge on any atom is 0.251 e. The van der Waals surface area contributed by atoms with Gasteiger partial charge in [0.05, 0.1) is 13.2 Å². The molecule has 1 N–H and O–H groups in total. The van der Waals surface area contributed by atoms with Gasteiger partial charge in [0, 0.05) is 17.2 Å². The summed E-state index contributed by atoms with van der Waals surface area (Å²) in [7, 11) is 0. The predicted octanol–water partition coefficient (Wildman–Crippen LogP) is 4.45. The molecule has 0 aliphatic carbocycles. The molecule has 1 aromatic heterocycles. The number of amides is 1. The maximum absolute atomic E-state index is 12.3. The van der Waals surface area contributed by atoms with E-state index in [4.69, 9.17) is 9.26 Å². The molecule has 3 aromatic rings. The average molecular weight is 350 g/mol. The first-order valence-corrected chi connectivity index (χ1v) is 8.78. The third kappa shape index (κ3) is 4.72. The Morgan fingerprint density at radius 3 is 2.62 bits per heavy atom. The van der Waals surface area contributed by atoms with Crippen molar-refractivity contribution in [1.29, 1.82) is 0 Å². The van der Waals surface area contributed by atoms with Gasteiger partial charge in [0.2, 0.25) is 0 Å². The topological polar surface area (TPSA) is 64.4 Å². The lowest BCUT2D eigenvalue weighted by Crippen LogP contribution is -2.22. The standard InChI is InChI=1S/C21H22N2O3/c1-2-3-13-25-19-11-9-17(10-12-19)21(24)22-15-18-14-20(26-23-18)16-7-5-4-6-8-16/h4-12,14H,2-3,13,15H2,1H3,(H,22,24). The first-order valence-electron chi connectivity index (χ1n) is 8.78. The third-order valence-corrected chi connectivity index (χ3v) is 3.93. The number of unbranched alkanes of at least 4 members (excludes halogenated alkanes) is 1. The van der Waals surface area contributed by atoms with Crippen LogP contribution in [0.15, 0.2) is 65.2 Å². The average Bonchev–Trinajstić information content (AvgIpc) is 3.17. The number of hydrogen-bond acceptors (Lipinski definition) is 4. The summed E-state index contributed by atoms with van der Waals surface area (Å²) < 4.78 is 10.9. The second-order valence-electron chi connectivity index (χ2n) is 5.96. The first kappa shape index (κ1) is 17.7. The van der Waals surface area contributed by atoms with Crippen molar-refractivity contribution in [2.45, 2.75) is 26.3 Å². The summed E-state index contributed by atoms with van der Waals surface area (Å²) in [6.45, 7) is 3.12.